The molecule has 1 amide bonds. The zero-order valence-corrected chi connectivity index (χ0v) is 19.6. The molecule has 2 aromatic rings. The Morgan fingerprint density at radius 3 is 2.84 bits per heavy atom. The first-order chi connectivity index (χ1) is 14.8. The van der Waals surface area contributed by atoms with E-state index in [-0.39, 0.29) is 12.5 Å². The summed E-state index contributed by atoms with van der Waals surface area (Å²) in [5, 5.41) is 15.2. The van der Waals surface area contributed by atoms with Gasteiger partial charge in [-0.2, -0.15) is 0 Å². The number of carbonyl (C=O) groups excluding carboxylic acids is 1. The first-order valence-electron chi connectivity index (χ1n) is 11.5. The minimum atomic E-state index is -0.813. The molecule has 0 aliphatic heterocycles. The largest absolute Gasteiger partial charge is 0.388 e. The molecule has 0 saturated heterocycles. The maximum Gasteiger partial charge on any atom is 0.252 e. The number of halogens is 1. The Morgan fingerprint density at radius 1 is 1.32 bits per heavy atom. The van der Waals surface area contributed by atoms with Crippen LogP contribution in [0.3, 0.4) is 0 Å². The van der Waals surface area contributed by atoms with Crippen LogP contribution in [0.5, 0.6) is 0 Å². The highest BCUT2D eigenvalue weighted by atomic mass is 35.5. The quantitative estimate of drug-likeness (QED) is 0.699. The van der Waals surface area contributed by atoms with E-state index in [0.29, 0.717) is 28.5 Å². The number of fused-ring (bicyclic) bond motifs is 1. The topological polar surface area (TPSA) is 65.5 Å². The number of hydrogen-bond donors (Lipinski definition) is 2. The lowest BCUT2D eigenvalue weighted by Crippen LogP contribution is -2.45. The summed E-state index contributed by atoms with van der Waals surface area (Å²) < 4.78 is 0. The fraction of sp³-hybridized carbons (Fsp3) is 0.600. The number of nitrogens with one attached hydrogen (secondary N) is 1. The molecule has 0 radical (unpaired) electrons. The van der Waals surface area contributed by atoms with Gasteiger partial charge in [0.05, 0.1) is 21.8 Å². The third kappa shape index (κ3) is 4.89. The van der Waals surface area contributed by atoms with Gasteiger partial charge in [-0.05, 0) is 70.3 Å². The van der Waals surface area contributed by atoms with Crippen molar-refractivity contribution in [2.24, 2.45) is 5.92 Å². The van der Waals surface area contributed by atoms with Crippen LogP contribution in [0.2, 0.25) is 5.02 Å². The minimum Gasteiger partial charge on any atom is -0.388 e. The SMILES string of the molecule is CC1CCCC(O)(CNC(=O)c2cccc3nc(C4CCC(N(C)C)C4)c(Cl)cc23)C1. The fourth-order valence-corrected chi connectivity index (χ4v) is 5.78. The molecule has 2 fully saturated rings. The van der Waals surface area contributed by atoms with Gasteiger partial charge in [0, 0.05) is 29.5 Å². The molecule has 31 heavy (non-hydrogen) atoms. The zero-order chi connectivity index (χ0) is 22.2. The van der Waals surface area contributed by atoms with Crippen LogP contribution >= 0.6 is 11.6 Å². The Hall–Kier alpha value is -1.69. The summed E-state index contributed by atoms with van der Waals surface area (Å²) in [6.45, 7) is 2.44. The molecule has 4 atom stereocenters. The second-order valence-electron chi connectivity index (χ2n) is 9.96. The van der Waals surface area contributed by atoms with Crippen LogP contribution < -0.4 is 5.32 Å². The molecular weight excluding hydrogens is 410 g/mol. The third-order valence-electron chi connectivity index (χ3n) is 7.25. The normalized spacial score (nSPS) is 28.9. The molecule has 1 heterocycles. The summed E-state index contributed by atoms with van der Waals surface area (Å²) in [7, 11) is 4.25. The number of carbonyl (C=O) groups is 1. The molecule has 2 aliphatic carbocycles. The molecule has 2 saturated carbocycles. The van der Waals surface area contributed by atoms with Crippen LogP contribution in [0.4, 0.5) is 0 Å². The molecule has 5 nitrogen and oxygen atoms in total. The average molecular weight is 444 g/mol. The summed E-state index contributed by atoms with van der Waals surface area (Å²) in [5.74, 6) is 0.651. The zero-order valence-electron chi connectivity index (χ0n) is 18.8. The summed E-state index contributed by atoms with van der Waals surface area (Å²) in [4.78, 5) is 20.2. The van der Waals surface area contributed by atoms with Gasteiger partial charge in [0.25, 0.3) is 5.91 Å². The number of aromatic nitrogens is 1. The molecule has 2 N–H and O–H groups in total. The number of benzene rings is 1. The van der Waals surface area contributed by atoms with Gasteiger partial charge < -0.3 is 15.3 Å². The number of aliphatic hydroxyl groups is 1. The predicted molar refractivity (Wildman–Crippen MR) is 126 cm³/mol. The van der Waals surface area contributed by atoms with Crippen molar-refractivity contribution in [2.75, 3.05) is 20.6 Å². The van der Waals surface area contributed by atoms with E-state index in [1.807, 2.05) is 18.2 Å². The molecular formula is C25H34ClN3O2. The number of nitrogens with zero attached hydrogens (tertiary/aromatic N) is 2. The van der Waals surface area contributed by atoms with Crippen molar-refractivity contribution in [1.29, 1.82) is 0 Å². The molecule has 0 bridgehead atoms. The lowest BCUT2D eigenvalue weighted by atomic mass is 9.79. The van der Waals surface area contributed by atoms with Crippen molar-refractivity contribution in [3.8, 4) is 0 Å². The Labute approximate surface area is 190 Å². The van der Waals surface area contributed by atoms with E-state index in [0.717, 1.165) is 61.5 Å². The average Bonchev–Trinajstić information content (AvgIpc) is 3.21. The predicted octanol–water partition coefficient (Wildman–Crippen LogP) is 4.76. The molecule has 2 aliphatic rings. The summed E-state index contributed by atoms with van der Waals surface area (Å²) in [6.07, 6.45) is 6.90. The second-order valence-corrected chi connectivity index (χ2v) is 10.4. The molecule has 4 unspecified atom stereocenters. The molecule has 1 aromatic heterocycles. The van der Waals surface area contributed by atoms with Crippen LogP contribution in [0.1, 0.15) is 73.8 Å². The highest BCUT2D eigenvalue weighted by Gasteiger charge is 2.33. The molecule has 6 heteroatoms. The van der Waals surface area contributed by atoms with Gasteiger partial charge in [-0.25, -0.2) is 0 Å². The molecule has 4 rings (SSSR count). The van der Waals surface area contributed by atoms with Gasteiger partial charge in [-0.15, -0.1) is 0 Å². The number of hydrogen-bond acceptors (Lipinski definition) is 4. The third-order valence-corrected chi connectivity index (χ3v) is 7.55. The lowest BCUT2D eigenvalue weighted by molar-refractivity contribution is -0.0109. The molecule has 0 spiro atoms. The highest BCUT2D eigenvalue weighted by molar-refractivity contribution is 6.32. The smallest absolute Gasteiger partial charge is 0.252 e. The molecule has 168 valence electrons. The minimum absolute atomic E-state index is 0.184. The van der Waals surface area contributed by atoms with E-state index in [4.69, 9.17) is 16.6 Å². The standard InChI is InChI=1S/C25H34ClN3O2/c1-16-6-5-11-25(31,14-16)15-27-24(30)19-7-4-8-22-20(19)13-21(26)23(28-22)17-9-10-18(12-17)29(2)3/h4,7-8,13,16-18,31H,5-6,9-12,14-15H2,1-3H3,(H,27,30). The van der Waals surface area contributed by atoms with E-state index in [1.54, 1.807) is 6.07 Å². The first-order valence-corrected chi connectivity index (χ1v) is 11.9. The highest BCUT2D eigenvalue weighted by Crippen LogP contribution is 2.39. The van der Waals surface area contributed by atoms with E-state index in [2.05, 4.69) is 31.2 Å². The first kappa shape index (κ1) is 22.5. The van der Waals surface area contributed by atoms with E-state index in [9.17, 15) is 9.90 Å². The van der Waals surface area contributed by atoms with Crippen LogP contribution in [-0.4, -0.2) is 53.2 Å². The lowest BCUT2D eigenvalue weighted by Gasteiger charge is -2.35. The van der Waals surface area contributed by atoms with Gasteiger partial charge >= 0.3 is 0 Å². The summed E-state index contributed by atoms with van der Waals surface area (Å²) >= 11 is 6.68. The van der Waals surface area contributed by atoms with Crippen LogP contribution in [0.15, 0.2) is 24.3 Å². The van der Waals surface area contributed by atoms with Crippen molar-refractivity contribution < 1.29 is 9.90 Å². The monoisotopic (exact) mass is 443 g/mol. The van der Waals surface area contributed by atoms with Crippen LogP contribution in [-0.2, 0) is 0 Å². The van der Waals surface area contributed by atoms with Crippen molar-refractivity contribution in [3.05, 3.63) is 40.5 Å². The van der Waals surface area contributed by atoms with E-state index < -0.39 is 5.60 Å². The maximum absolute atomic E-state index is 13.0. The van der Waals surface area contributed by atoms with Gasteiger partial charge in [-0.1, -0.05) is 37.4 Å². The number of rotatable bonds is 5. The van der Waals surface area contributed by atoms with Crippen molar-refractivity contribution in [2.45, 2.75) is 69.4 Å². The van der Waals surface area contributed by atoms with Gasteiger partial charge in [0.2, 0.25) is 0 Å². The maximum atomic E-state index is 13.0. The Morgan fingerprint density at radius 2 is 2.13 bits per heavy atom. The van der Waals surface area contributed by atoms with Crippen molar-refractivity contribution >= 4 is 28.4 Å². The van der Waals surface area contributed by atoms with Gasteiger partial charge in [0.15, 0.2) is 0 Å². The summed E-state index contributed by atoms with van der Waals surface area (Å²) in [5.41, 5.74) is 1.49. The Balaban J connectivity index is 1.54. The number of pyridine rings is 1. The summed E-state index contributed by atoms with van der Waals surface area (Å²) in [6, 6.07) is 8.08. The Kier molecular flexibility index (Phi) is 6.57. The van der Waals surface area contributed by atoms with Crippen LogP contribution in [0, 0.1) is 5.92 Å². The Bertz CT molecular complexity index is 963. The van der Waals surface area contributed by atoms with E-state index in [1.165, 1.54) is 0 Å². The van der Waals surface area contributed by atoms with Crippen LogP contribution in [0.25, 0.3) is 10.9 Å². The number of amides is 1. The van der Waals surface area contributed by atoms with Crippen molar-refractivity contribution in [1.82, 2.24) is 15.2 Å². The van der Waals surface area contributed by atoms with Crippen molar-refractivity contribution in [3.63, 3.8) is 0 Å². The second kappa shape index (κ2) is 9.05. The van der Waals surface area contributed by atoms with Gasteiger partial charge in [0.1, 0.15) is 0 Å². The van der Waals surface area contributed by atoms with Gasteiger partial charge in [-0.3, -0.25) is 9.78 Å². The molecule has 1 aromatic carbocycles. The van der Waals surface area contributed by atoms with E-state index >= 15 is 0 Å². The fourth-order valence-electron chi connectivity index (χ4n) is 5.48.